The minimum atomic E-state index is 0.672. The molecule has 2 aromatic rings. The number of pyridine rings is 1. The number of fused-ring (bicyclic) bond motifs is 1. The Bertz CT molecular complexity index is 558. The Kier molecular flexibility index (Phi) is 3.56. The van der Waals surface area contributed by atoms with Gasteiger partial charge in [-0.05, 0) is 50.6 Å². The lowest BCUT2D eigenvalue weighted by molar-refractivity contribution is 0.153. The van der Waals surface area contributed by atoms with Gasteiger partial charge in [0.25, 0.3) is 0 Å². The summed E-state index contributed by atoms with van der Waals surface area (Å²) in [7, 11) is 0. The fourth-order valence-electron chi connectivity index (χ4n) is 3.24. The standard InChI is InChI=1S/C16H23N3/c1-3-18-8-5-4-6-14(18)11-16-17-12-15-10-13(2)7-9-19(15)16/h7,9-10,12,14H,3-6,8,11H2,1-2H3. The second kappa shape index (κ2) is 5.33. The largest absolute Gasteiger partial charge is 0.304 e. The molecule has 1 atom stereocenters. The Balaban J connectivity index is 1.84. The monoisotopic (exact) mass is 257 g/mol. The quantitative estimate of drug-likeness (QED) is 0.842. The lowest BCUT2D eigenvalue weighted by Crippen LogP contribution is -2.40. The molecular weight excluding hydrogens is 234 g/mol. The van der Waals surface area contributed by atoms with Gasteiger partial charge in [0.05, 0.1) is 11.7 Å². The maximum absolute atomic E-state index is 4.64. The van der Waals surface area contributed by atoms with Crippen molar-refractivity contribution in [3.05, 3.63) is 35.9 Å². The second-order valence-electron chi connectivity index (χ2n) is 5.66. The van der Waals surface area contributed by atoms with Crippen molar-refractivity contribution in [3.63, 3.8) is 0 Å². The Morgan fingerprint density at radius 2 is 2.26 bits per heavy atom. The predicted molar refractivity (Wildman–Crippen MR) is 78.5 cm³/mol. The Morgan fingerprint density at radius 1 is 1.37 bits per heavy atom. The first-order valence-electron chi connectivity index (χ1n) is 7.44. The molecule has 1 aliphatic heterocycles. The van der Waals surface area contributed by atoms with Gasteiger partial charge in [-0.15, -0.1) is 0 Å². The van der Waals surface area contributed by atoms with E-state index in [1.165, 1.54) is 42.7 Å². The van der Waals surface area contributed by atoms with Crippen LogP contribution in [0.5, 0.6) is 0 Å². The molecule has 1 unspecified atom stereocenters. The molecule has 3 rings (SSSR count). The molecule has 0 N–H and O–H groups in total. The first kappa shape index (κ1) is 12.7. The smallest absolute Gasteiger partial charge is 0.114 e. The zero-order chi connectivity index (χ0) is 13.2. The Labute approximate surface area is 115 Å². The first-order chi connectivity index (χ1) is 9.28. The molecule has 0 saturated carbocycles. The molecule has 2 aromatic heterocycles. The SMILES string of the molecule is CCN1CCCCC1Cc1ncc2cc(C)ccn12. The molecule has 1 saturated heterocycles. The minimum Gasteiger partial charge on any atom is -0.304 e. The molecule has 3 heterocycles. The topological polar surface area (TPSA) is 20.5 Å². The van der Waals surface area contributed by atoms with Crippen molar-refractivity contribution in [2.75, 3.05) is 13.1 Å². The van der Waals surface area contributed by atoms with Gasteiger partial charge in [-0.25, -0.2) is 4.98 Å². The van der Waals surface area contributed by atoms with Gasteiger partial charge in [-0.2, -0.15) is 0 Å². The van der Waals surface area contributed by atoms with Crippen molar-refractivity contribution in [1.29, 1.82) is 0 Å². The molecule has 3 heteroatoms. The predicted octanol–water partition coefficient (Wildman–Crippen LogP) is 3.06. The summed E-state index contributed by atoms with van der Waals surface area (Å²) < 4.78 is 2.25. The third-order valence-corrected chi connectivity index (χ3v) is 4.34. The highest BCUT2D eigenvalue weighted by molar-refractivity contribution is 5.48. The van der Waals surface area contributed by atoms with E-state index in [2.05, 4.69) is 46.5 Å². The lowest BCUT2D eigenvalue weighted by atomic mass is 9.99. The van der Waals surface area contributed by atoms with Crippen LogP contribution < -0.4 is 0 Å². The highest BCUT2D eigenvalue weighted by Gasteiger charge is 2.22. The van der Waals surface area contributed by atoms with Crippen molar-refractivity contribution in [3.8, 4) is 0 Å². The van der Waals surface area contributed by atoms with Gasteiger partial charge >= 0.3 is 0 Å². The van der Waals surface area contributed by atoms with Crippen LogP contribution in [-0.2, 0) is 6.42 Å². The third kappa shape index (κ3) is 2.52. The maximum atomic E-state index is 4.64. The highest BCUT2D eigenvalue weighted by atomic mass is 15.2. The van der Waals surface area contributed by atoms with Crippen molar-refractivity contribution in [2.24, 2.45) is 0 Å². The van der Waals surface area contributed by atoms with Crippen molar-refractivity contribution in [2.45, 2.75) is 45.6 Å². The molecule has 102 valence electrons. The van der Waals surface area contributed by atoms with Gasteiger partial charge in [-0.3, -0.25) is 0 Å². The molecule has 0 bridgehead atoms. The maximum Gasteiger partial charge on any atom is 0.114 e. The molecule has 0 radical (unpaired) electrons. The third-order valence-electron chi connectivity index (χ3n) is 4.34. The average molecular weight is 257 g/mol. The van der Waals surface area contributed by atoms with E-state index < -0.39 is 0 Å². The van der Waals surface area contributed by atoms with Crippen LogP contribution in [0.25, 0.3) is 5.52 Å². The highest BCUT2D eigenvalue weighted by Crippen LogP contribution is 2.20. The number of piperidine rings is 1. The van der Waals surface area contributed by atoms with Gasteiger partial charge in [0, 0.05) is 18.7 Å². The van der Waals surface area contributed by atoms with Gasteiger partial charge in [0.2, 0.25) is 0 Å². The molecule has 0 aliphatic carbocycles. The van der Waals surface area contributed by atoms with E-state index in [-0.39, 0.29) is 0 Å². The molecule has 0 aromatic carbocycles. The first-order valence-corrected chi connectivity index (χ1v) is 7.44. The summed E-state index contributed by atoms with van der Waals surface area (Å²) in [4.78, 5) is 7.25. The van der Waals surface area contributed by atoms with E-state index >= 15 is 0 Å². The van der Waals surface area contributed by atoms with Crippen LogP contribution in [0.1, 0.15) is 37.6 Å². The van der Waals surface area contributed by atoms with Gasteiger partial charge in [0.1, 0.15) is 5.82 Å². The number of aromatic nitrogens is 2. The number of rotatable bonds is 3. The summed E-state index contributed by atoms with van der Waals surface area (Å²) in [6.07, 6.45) is 9.27. The summed E-state index contributed by atoms with van der Waals surface area (Å²) >= 11 is 0. The molecule has 19 heavy (non-hydrogen) atoms. The minimum absolute atomic E-state index is 0.672. The van der Waals surface area contributed by atoms with E-state index in [0.29, 0.717) is 6.04 Å². The summed E-state index contributed by atoms with van der Waals surface area (Å²) in [5, 5.41) is 0. The fraction of sp³-hybridized carbons (Fsp3) is 0.562. The average Bonchev–Trinajstić information content (AvgIpc) is 2.82. The summed E-state index contributed by atoms with van der Waals surface area (Å²) in [5.74, 6) is 1.21. The van der Waals surface area contributed by atoms with Crippen LogP contribution in [0, 0.1) is 6.92 Å². The zero-order valence-corrected chi connectivity index (χ0v) is 12.0. The summed E-state index contributed by atoms with van der Waals surface area (Å²) in [6, 6.07) is 5.04. The zero-order valence-electron chi connectivity index (χ0n) is 12.0. The van der Waals surface area contributed by atoms with Crippen LogP contribution in [0.2, 0.25) is 0 Å². The molecule has 0 spiro atoms. The molecule has 1 aliphatic rings. The number of imidazole rings is 1. The van der Waals surface area contributed by atoms with Crippen molar-refractivity contribution in [1.82, 2.24) is 14.3 Å². The van der Waals surface area contributed by atoms with Crippen molar-refractivity contribution < 1.29 is 0 Å². The normalized spacial score (nSPS) is 21.1. The number of hydrogen-bond acceptors (Lipinski definition) is 2. The van der Waals surface area contributed by atoms with Crippen LogP contribution >= 0.6 is 0 Å². The Morgan fingerprint density at radius 3 is 3.11 bits per heavy atom. The number of nitrogens with zero attached hydrogens (tertiary/aromatic N) is 3. The van der Waals surface area contributed by atoms with Gasteiger partial charge in [0.15, 0.2) is 0 Å². The molecular formula is C16H23N3. The van der Waals surface area contributed by atoms with Gasteiger partial charge < -0.3 is 9.30 Å². The molecule has 3 nitrogen and oxygen atoms in total. The van der Waals surface area contributed by atoms with E-state index in [1.807, 2.05) is 6.20 Å². The second-order valence-corrected chi connectivity index (χ2v) is 5.66. The van der Waals surface area contributed by atoms with E-state index in [4.69, 9.17) is 0 Å². The van der Waals surface area contributed by atoms with E-state index in [9.17, 15) is 0 Å². The van der Waals surface area contributed by atoms with Crippen LogP contribution in [-0.4, -0.2) is 33.4 Å². The molecule has 1 fully saturated rings. The van der Waals surface area contributed by atoms with Gasteiger partial charge in [-0.1, -0.05) is 13.3 Å². The molecule has 0 amide bonds. The van der Waals surface area contributed by atoms with Crippen LogP contribution in [0.3, 0.4) is 0 Å². The number of aryl methyl sites for hydroxylation is 1. The Hall–Kier alpha value is -1.35. The fourth-order valence-corrected chi connectivity index (χ4v) is 3.24. The number of likely N-dealkylation sites (N-methyl/N-ethyl adjacent to an activating group) is 1. The van der Waals surface area contributed by atoms with Crippen LogP contribution in [0.15, 0.2) is 24.5 Å². The number of hydrogen-bond donors (Lipinski definition) is 0. The summed E-state index contributed by atoms with van der Waals surface area (Å²) in [6.45, 7) is 6.81. The van der Waals surface area contributed by atoms with Crippen LogP contribution in [0.4, 0.5) is 0 Å². The van der Waals surface area contributed by atoms with Crippen molar-refractivity contribution >= 4 is 5.52 Å². The van der Waals surface area contributed by atoms with E-state index in [0.717, 1.165) is 13.0 Å². The lowest BCUT2D eigenvalue weighted by Gasteiger charge is -2.34. The van der Waals surface area contributed by atoms with E-state index in [1.54, 1.807) is 0 Å². The number of likely N-dealkylation sites (tertiary alicyclic amines) is 1. The summed E-state index contributed by atoms with van der Waals surface area (Å²) in [5.41, 5.74) is 2.51.